The number of alkyl halides is 1. The van der Waals surface area contributed by atoms with Gasteiger partial charge >= 0.3 is 0 Å². The fourth-order valence-electron chi connectivity index (χ4n) is 0.351. The van der Waals surface area contributed by atoms with E-state index in [9.17, 15) is 9.59 Å². The topological polar surface area (TPSA) is 55.7 Å². The van der Waals surface area contributed by atoms with Gasteiger partial charge in [0.05, 0.1) is 5.88 Å². The monoisotopic (exact) mass is 197 g/mol. The molecule has 0 radical (unpaired) electrons. The number of halogens is 2. The van der Waals surface area contributed by atoms with Gasteiger partial charge in [-0.25, -0.2) is 0 Å². The van der Waals surface area contributed by atoms with Crippen LogP contribution in [0.25, 0.3) is 0 Å². The fourth-order valence-corrected chi connectivity index (χ4v) is 0.617. The van der Waals surface area contributed by atoms with E-state index in [1.54, 1.807) is 0 Å². The summed E-state index contributed by atoms with van der Waals surface area (Å²) < 4.78 is 0. The van der Waals surface area contributed by atoms with Crippen molar-refractivity contribution in [2.45, 2.75) is 0 Å². The minimum Gasteiger partial charge on any atom is -0.398 e. The van der Waals surface area contributed by atoms with E-state index in [4.69, 9.17) is 23.2 Å². The van der Waals surface area contributed by atoms with E-state index in [1.165, 1.54) is 7.11 Å². The van der Waals surface area contributed by atoms with Crippen molar-refractivity contribution in [3.63, 3.8) is 0 Å². The van der Waals surface area contributed by atoms with Crippen LogP contribution in [0, 0.1) is 0 Å². The van der Waals surface area contributed by atoms with E-state index in [0.29, 0.717) is 0 Å². The molecule has 0 saturated carbocycles. The Hall–Kier alpha value is -0.610. The summed E-state index contributed by atoms with van der Waals surface area (Å²) in [6.45, 7) is 0. The molecule has 0 aromatic carbocycles. The fraction of sp³-hybridized carbons (Fsp3) is 0.400. The lowest BCUT2D eigenvalue weighted by Gasteiger charge is -1.93. The predicted octanol–water partition coefficient (Wildman–Crippen LogP) is 0.562. The molecule has 0 heterocycles. The van der Waals surface area contributed by atoms with Gasteiger partial charge in [0.15, 0.2) is 0 Å². The molecule has 11 heavy (non-hydrogen) atoms. The Balaban J connectivity index is 4.48. The SMILES string of the molecule is CO/N=C(/C(=O)Cl)C(=O)CCl. The van der Waals surface area contributed by atoms with E-state index in [1.807, 2.05) is 0 Å². The molecule has 0 atom stereocenters. The summed E-state index contributed by atoms with van der Waals surface area (Å²) in [5, 5.41) is 2.12. The number of ketones is 1. The quantitative estimate of drug-likeness (QED) is 0.218. The highest BCUT2D eigenvalue weighted by atomic mass is 35.5. The third-order valence-corrected chi connectivity index (χ3v) is 1.18. The summed E-state index contributed by atoms with van der Waals surface area (Å²) >= 11 is 10.1. The van der Waals surface area contributed by atoms with Crippen LogP contribution in [0.5, 0.6) is 0 Å². The standard InChI is InChI=1S/C5H5Cl2NO3/c1-11-8-4(5(7)10)3(9)2-6/h2H2,1H3/b8-4+. The molecule has 0 bridgehead atoms. The van der Waals surface area contributed by atoms with Gasteiger partial charge in [0.25, 0.3) is 5.24 Å². The highest BCUT2D eigenvalue weighted by molar-refractivity contribution is 6.91. The van der Waals surface area contributed by atoms with Gasteiger partial charge in [-0.05, 0) is 11.6 Å². The van der Waals surface area contributed by atoms with E-state index < -0.39 is 16.7 Å². The van der Waals surface area contributed by atoms with Crippen molar-refractivity contribution in [2.24, 2.45) is 5.16 Å². The number of oxime groups is 1. The normalized spacial score (nSPS) is 11.0. The first-order chi connectivity index (χ1) is 5.13. The zero-order valence-corrected chi connectivity index (χ0v) is 7.15. The van der Waals surface area contributed by atoms with Crippen molar-refractivity contribution in [3.05, 3.63) is 0 Å². The molecule has 0 rings (SSSR count). The van der Waals surface area contributed by atoms with Gasteiger partial charge < -0.3 is 4.84 Å². The van der Waals surface area contributed by atoms with Gasteiger partial charge in [-0.2, -0.15) is 0 Å². The molecule has 0 aliphatic rings. The Kier molecular flexibility index (Phi) is 4.81. The second-order valence-electron chi connectivity index (χ2n) is 1.45. The van der Waals surface area contributed by atoms with E-state index in [0.717, 1.165) is 0 Å². The molecule has 0 aliphatic carbocycles. The number of nitrogens with zero attached hydrogens (tertiary/aromatic N) is 1. The van der Waals surface area contributed by atoms with Gasteiger partial charge in [-0.3, -0.25) is 9.59 Å². The van der Waals surface area contributed by atoms with Crippen LogP contribution in [-0.4, -0.2) is 29.7 Å². The largest absolute Gasteiger partial charge is 0.398 e. The van der Waals surface area contributed by atoms with Crippen molar-refractivity contribution in [2.75, 3.05) is 13.0 Å². The molecular weight excluding hydrogens is 193 g/mol. The van der Waals surface area contributed by atoms with E-state index in [2.05, 4.69) is 9.99 Å². The average molecular weight is 198 g/mol. The molecule has 0 N–H and O–H groups in total. The molecule has 0 fully saturated rings. The summed E-state index contributed by atoms with van der Waals surface area (Å²) in [6.07, 6.45) is 0. The zero-order valence-electron chi connectivity index (χ0n) is 5.63. The maximum atomic E-state index is 10.7. The second kappa shape index (κ2) is 5.09. The lowest BCUT2D eigenvalue weighted by atomic mass is 10.3. The lowest BCUT2D eigenvalue weighted by molar-refractivity contribution is -0.113. The molecule has 6 heteroatoms. The number of hydrogen-bond acceptors (Lipinski definition) is 4. The Morgan fingerprint density at radius 2 is 2.09 bits per heavy atom. The molecule has 62 valence electrons. The van der Waals surface area contributed by atoms with Crippen molar-refractivity contribution in [1.82, 2.24) is 0 Å². The molecule has 0 aromatic heterocycles. The van der Waals surface area contributed by atoms with Crippen molar-refractivity contribution >= 4 is 39.9 Å². The number of carbonyl (C=O) groups excluding carboxylic acids is 2. The third-order valence-electron chi connectivity index (χ3n) is 0.754. The zero-order chi connectivity index (χ0) is 8.85. The third kappa shape index (κ3) is 3.34. The van der Waals surface area contributed by atoms with Crippen LogP contribution < -0.4 is 0 Å². The summed E-state index contributed by atoms with van der Waals surface area (Å²) in [6, 6.07) is 0. The Morgan fingerprint density at radius 3 is 2.36 bits per heavy atom. The highest BCUT2D eigenvalue weighted by Gasteiger charge is 2.17. The number of Topliss-reactive ketones (excluding diaryl/α,β-unsaturated/α-hetero) is 1. The molecule has 4 nitrogen and oxygen atoms in total. The first-order valence-corrected chi connectivity index (χ1v) is 3.44. The van der Waals surface area contributed by atoms with Gasteiger partial charge in [-0.1, -0.05) is 5.16 Å². The van der Waals surface area contributed by atoms with Crippen LogP contribution in [0.3, 0.4) is 0 Å². The van der Waals surface area contributed by atoms with Crippen molar-refractivity contribution < 1.29 is 14.4 Å². The van der Waals surface area contributed by atoms with Crippen LogP contribution in [0.4, 0.5) is 0 Å². The lowest BCUT2D eigenvalue weighted by Crippen LogP contribution is -2.21. The van der Waals surface area contributed by atoms with Gasteiger partial charge in [0.1, 0.15) is 7.11 Å². The molecular formula is C5H5Cl2NO3. The first-order valence-electron chi connectivity index (χ1n) is 2.53. The number of carbonyl (C=O) groups is 2. The Bertz CT molecular complexity index is 202. The van der Waals surface area contributed by atoms with Crippen LogP contribution in [-0.2, 0) is 14.4 Å². The minimum atomic E-state index is -0.975. The molecule has 0 amide bonds. The predicted molar refractivity (Wildman–Crippen MR) is 41.0 cm³/mol. The summed E-state index contributed by atoms with van der Waals surface area (Å²) in [7, 11) is 1.20. The van der Waals surface area contributed by atoms with E-state index >= 15 is 0 Å². The molecule has 0 saturated heterocycles. The van der Waals surface area contributed by atoms with Crippen LogP contribution in [0.2, 0.25) is 0 Å². The van der Waals surface area contributed by atoms with Crippen molar-refractivity contribution in [1.29, 1.82) is 0 Å². The summed E-state index contributed by atoms with van der Waals surface area (Å²) in [5.74, 6) is -1.01. The average Bonchev–Trinajstić information content (AvgIpc) is 1.98. The van der Waals surface area contributed by atoms with Crippen LogP contribution in [0.1, 0.15) is 0 Å². The van der Waals surface area contributed by atoms with Gasteiger partial charge in [-0.15, -0.1) is 11.6 Å². The van der Waals surface area contributed by atoms with Crippen LogP contribution in [0.15, 0.2) is 5.16 Å². The first kappa shape index (κ1) is 10.4. The maximum Gasteiger partial charge on any atom is 0.278 e. The van der Waals surface area contributed by atoms with Crippen LogP contribution >= 0.6 is 23.2 Å². The Labute approximate surface area is 73.1 Å². The maximum absolute atomic E-state index is 10.7. The number of hydrogen-bond donors (Lipinski definition) is 0. The number of rotatable bonds is 4. The highest BCUT2D eigenvalue weighted by Crippen LogP contribution is 1.92. The Morgan fingerprint density at radius 1 is 1.55 bits per heavy atom. The van der Waals surface area contributed by atoms with Gasteiger partial charge in [0.2, 0.25) is 11.5 Å². The minimum absolute atomic E-state index is 0.347. The second-order valence-corrected chi connectivity index (χ2v) is 2.06. The smallest absolute Gasteiger partial charge is 0.278 e. The summed E-state index contributed by atoms with van der Waals surface area (Å²) in [5.41, 5.74) is -0.482. The summed E-state index contributed by atoms with van der Waals surface area (Å²) in [4.78, 5) is 25.3. The molecule has 0 aliphatic heterocycles. The van der Waals surface area contributed by atoms with Crippen molar-refractivity contribution in [3.8, 4) is 0 Å². The van der Waals surface area contributed by atoms with E-state index in [-0.39, 0.29) is 5.88 Å². The molecule has 0 spiro atoms. The molecule has 0 unspecified atom stereocenters. The molecule has 0 aromatic rings. The van der Waals surface area contributed by atoms with Gasteiger partial charge in [0, 0.05) is 0 Å².